The fourth-order valence-electron chi connectivity index (χ4n) is 1.72. The van der Waals surface area contributed by atoms with Crippen molar-refractivity contribution in [3.05, 3.63) is 0 Å². The van der Waals surface area contributed by atoms with E-state index in [1.54, 1.807) is 0 Å². The molecular formula is C11H22N2O4. The van der Waals surface area contributed by atoms with E-state index >= 15 is 0 Å². The van der Waals surface area contributed by atoms with E-state index in [1.807, 2.05) is 6.92 Å². The monoisotopic (exact) mass is 246 g/mol. The first kappa shape index (κ1) is 15.5. The third kappa shape index (κ3) is 8.36. The van der Waals surface area contributed by atoms with Gasteiger partial charge in [0.1, 0.15) is 0 Å². The Balaban J connectivity index is 4.11. The Morgan fingerprint density at radius 1 is 1.18 bits per heavy atom. The molecule has 0 aromatic carbocycles. The van der Waals surface area contributed by atoms with E-state index in [9.17, 15) is 9.59 Å². The lowest BCUT2D eigenvalue weighted by atomic mass is 9.93. The molecule has 2 amide bonds. The maximum absolute atomic E-state index is 10.6. The Hall–Kier alpha value is -1.46. The van der Waals surface area contributed by atoms with E-state index in [1.165, 1.54) is 0 Å². The number of hydrogen-bond acceptors (Lipinski definition) is 2. The van der Waals surface area contributed by atoms with E-state index in [4.69, 9.17) is 10.2 Å². The first-order valence-electron chi connectivity index (χ1n) is 5.93. The highest BCUT2D eigenvalue weighted by atomic mass is 16.4. The molecule has 0 aliphatic carbocycles. The molecule has 0 spiro atoms. The highest BCUT2D eigenvalue weighted by molar-refractivity contribution is 5.65. The molecule has 100 valence electrons. The fraction of sp³-hybridized carbons (Fsp3) is 0.818. The predicted molar refractivity (Wildman–Crippen MR) is 64.3 cm³/mol. The van der Waals surface area contributed by atoms with Crippen LogP contribution in [0.25, 0.3) is 0 Å². The van der Waals surface area contributed by atoms with Gasteiger partial charge in [0.15, 0.2) is 0 Å². The van der Waals surface area contributed by atoms with Crippen molar-refractivity contribution in [2.75, 3.05) is 6.54 Å². The smallest absolute Gasteiger partial charge is 0.404 e. The van der Waals surface area contributed by atoms with Crippen LogP contribution in [0.2, 0.25) is 0 Å². The summed E-state index contributed by atoms with van der Waals surface area (Å²) in [6.45, 7) is 4.33. The van der Waals surface area contributed by atoms with Crippen LogP contribution in [0.15, 0.2) is 0 Å². The molecule has 0 saturated heterocycles. The van der Waals surface area contributed by atoms with Gasteiger partial charge in [0, 0.05) is 12.6 Å². The first-order chi connectivity index (χ1) is 7.97. The molecule has 0 radical (unpaired) electrons. The minimum absolute atomic E-state index is 0.203. The number of unbranched alkanes of at least 4 members (excludes halogenated alkanes) is 1. The Bertz CT molecular complexity index is 246. The van der Waals surface area contributed by atoms with Crippen molar-refractivity contribution in [1.82, 2.24) is 10.6 Å². The lowest BCUT2D eigenvalue weighted by Crippen LogP contribution is -2.41. The number of amides is 2. The standard InChI is InChI=1S/C11H22N2O4/c1-3-4-5-8(2)9(13-11(16)17)6-7-12-10(14)15/h8-9,12-13H,3-7H2,1-2H3,(H,14,15)(H,16,17). The first-order valence-corrected chi connectivity index (χ1v) is 5.93. The zero-order chi connectivity index (χ0) is 13.3. The minimum Gasteiger partial charge on any atom is -0.465 e. The van der Waals surface area contributed by atoms with Crippen molar-refractivity contribution in [2.45, 2.75) is 45.6 Å². The molecule has 2 unspecified atom stereocenters. The zero-order valence-corrected chi connectivity index (χ0v) is 10.4. The van der Waals surface area contributed by atoms with E-state index in [2.05, 4.69) is 17.6 Å². The van der Waals surface area contributed by atoms with Gasteiger partial charge in [-0.3, -0.25) is 0 Å². The van der Waals surface area contributed by atoms with Crippen LogP contribution in [-0.2, 0) is 0 Å². The molecule has 0 saturated carbocycles. The molecule has 6 nitrogen and oxygen atoms in total. The summed E-state index contributed by atoms with van der Waals surface area (Å²) in [5.74, 6) is 0.210. The second kappa shape index (κ2) is 8.66. The van der Waals surface area contributed by atoms with Gasteiger partial charge in [0.2, 0.25) is 0 Å². The second-order valence-corrected chi connectivity index (χ2v) is 4.20. The van der Waals surface area contributed by atoms with Gasteiger partial charge in [0.25, 0.3) is 0 Å². The van der Waals surface area contributed by atoms with Crippen molar-refractivity contribution >= 4 is 12.2 Å². The van der Waals surface area contributed by atoms with Crippen LogP contribution in [0.5, 0.6) is 0 Å². The van der Waals surface area contributed by atoms with Crippen LogP contribution < -0.4 is 10.6 Å². The molecule has 4 N–H and O–H groups in total. The largest absolute Gasteiger partial charge is 0.465 e. The summed E-state index contributed by atoms with van der Waals surface area (Å²) in [7, 11) is 0. The van der Waals surface area contributed by atoms with Crippen molar-refractivity contribution in [1.29, 1.82) is 0 Å². The van der Waals surface area contributed by atoms with E-state index in [0.29, 0.717) is 6.42 Å². The van der Waals surface area contributed by atoms with E-state index in [-0.39, 0.29) is 18.5 Å². The molecule has 0 aliphatic rings. The van der Waals surface area contributed by atoms with Gasteiger partial charge >= 0.3 is 12.2 Å². The summed E-state index contributed by atoms with van der Waals surface area (Å²) in [4.78, 5) is 20.9. The summed E-state index contributed by atoms with van der Waals surface area (Å²) in [5.41, 5.74) is 0. The van der Waals surface area contributed by atoms with Crippen molar-refractivity contribution in [3.8, 4) is 0 Å². The summed E-state index contributed by atoms with van der Waals surface area (Å²) in [5, 5.41) is 21.8. The predicted octanol–water partition coefficient (Wildman–Crippen LogP) is 2.11. The molecule has 0 bridgehead atoms. The molecule has 0 fully saturated rings. The molecule has 0 heterocycles. The van der Waals surface area contributed by atoms with Crippen LogP contribution in [0, 0.1) is 5.92 Å². The summed E-state index contributed by atoms with van der Waals surface area (Å²) >= 11 is 0. The molecule has 17 heavy (non-hydrogen) atoms. The summed E-state index contributed by atoms with van der Waals surface area (Å²) < 4.78 is 0. The molecule has 0 aromatic heterocycles. The van der Waals surface area contributed by atoms with E-state index < -0.39 is 12.2 Å². The maximum atomic E-state index is 10.6. The minimum atomic E-state index is -1.08. The molecule has 0 rings (SSSR count). The molecular weight excluding hydrogens is 224 g/mol. The highest BCUT2D eigenvalue weighted by Gasteiger charge is 2.18. The number of nitrogens with one attached hydrogen (secondary N) is 2. The second-order valence-electron chi connectivity index (χ2n) is 4.20. The van der Waals surface area contributed by atoms with Gasteiger partial charge in [0.05, 0.1) is 0 Å². The van der Waals surface area contributed by atoms with Crippen LogP contribution in [0.3, 0.4) is 0 Å². The van der Waals surface area contributed by atoms with Gasteiger partial charge in [-0.25, -0.2) is 9.59 Å². The normalized spacial score (nSPS) is 13.8. The quantitative estimate of drug-likeness (QED) is 0.527. The molecule has 0 aliphatic heterocycles. The summed E-state index contributed by atoms with van der Waals surface area (Å²) in [6.07, 6.45) is 1.38. The Morgan fingerprint density at radius 3 is 2.29 bits per heavy atom. The van der Waals surface area contributed by atoms with Crippen LogP contribution >= 0.6 is 0 Å². The van der Waals surface area contributed by atoms with Gasteiger partial charge in [-0.05, 0) is 18.8 Å². The Labute approximate surface area is 101 Å². The lowest BCUT2D eigenvalue weighted by molar-refractivity contribution is 0.181. The Kier molecular flexibility index (Phi) is 7.92. The number of carboxylic acid groups (broad SMARTS) is 2. The van der Waals surface area contributed by atoms with Gasteiger partial charge in [-0.1, -0.05) is 26.7 Å². The highest BCUT2D eigenvalue weighted by Crippen LogP contribution is 2.14. The Morgan fingerprint density at radius 2 is 1.82 bits per heavy atom. The van der Waals surface area contributed by atoms with Crippen LogP contribution in [0.4, 0.5) is 9.59 Å². The average Bonchev–Trinajstić information content (AvgIpc) is 2.23. The number of carbonyl (C=O) groups is 2. The molecule has 2 atom stereocenters. The SMILES string of the molecule is CCCCC(C)C(CCNC(=O)O)NC(=O)O. The average molecular weight is 246 g/mol. The lowest BCUT2D eigenvalue weighted by Gasteiger charge is -2.23. The van der Waals surface area contributed by atoms with Crippen molar-refractivity contribution < 1.29 is 19.8 Å². The van der Waals surface area contributed by atoms with Crippen molar-refractivity contribution in [2.24, 2.45) is 5.92 Å². The van der Waals surface area contributed by atoms with Gasteiger partial charge in [-0.15, -0.1) is 0 Å². The third-order valence-electron chi connectivity index (χ3n) is 2.74. The zero-order valence-electron chi connectivity index (χ0n) is 10.4. The van der Waals surface area contributed by atoms with Crippen molar-refractivity contribution in [3.63, 3.8) is 0 Å². The molecule has 6 heteroatoms. The van der Waals surface area contributed by atoms with Crippen LogP contribution in [-0.4, -0.2) is 35.0 Å². The fourth-order valence-corrected chi connectivity index (χ4v) is 1.72. The summed E-state index contributed by atoms with van der Waals surface area (Å²) in [6, 6.07) is -0.203. The van der Waals surface area contributed by atoms with E-state index in [0.717, 1.165) is 19.3 Å². The topological polar surface area (TPSA) is 98.7 Å². The van der Waals surface area contributed by atoms with Crippen LogP contribution in [0.1, 0.15) is 39.5 Å². The third-order valence-corrected chi connectivity index (χ3v) is 2.74. The van der Waals surface area contributed by atoms with Gasteiger partial charge in [-0.2, -0.15) is 0 Å². The molecule has 0 aromatic rings. The van der Waals surface area contributed by atoms with Gasteiger partial charge < -0.3 is 20.8 Å². The number of rotatable bonds is 8. The number of hydrogen-bond donors (Lipinski definition) is 4. The maximum Gasteiger partial charge on any atom is 0.404 e.